The molecule has 1 aromatic carbocycles. The van der Waals surface area contributed by atoms with E-state index >= 15 is 0 Å². The number of fused-ring (bicyclic) bond motifs is 1. The van der Waals surface area contributed by atoms with Crippen LogP contribution in [0.25, 0.3) is 0 Å². The second-order valence-electron chi connectivity index (χ2n) is 6.29. The molecule has 1 saturated carbocycles. The molecule has 2 unspecified atom stereocenters. The normalized spacial score (nSPS) is 20.9. The minimum atomic E-state index is -0.396. The summed E-state index contributed by atoms with van der Waals surface area (Å²) < 4.78 is 17.3. The molecule has 5 nitrogen and oxygen atoms in total. The van der Waals surface area contributed by atoms with Crippen molar-refractivity contribution in [3.8, 4) is 11.5 Å². The lowest BCUT2D eigenvalue weighted by molar-refractivity contribution is -0.144. The molecule has 126 valence electrons. The van der Waals surface area contributed by atoms with Crippen molar-refractivity contribution >= 4 is 5.91 Å². The Labute approximate surface area is 137 Å². The predicted octanol–water partition coefficient (Wildman–Crippen LogP) is 2.49. The third-order valence-corrected chi connectivity index (χ3v) is 4.31. The van der Waals surface area contributed by atoms with Crippen molar-refractivity contribution in [2.75, 3.05) is 26.3 Å². The van der Waals surface area contributed by atoms with Gasteiger partial charge >= 0.3 is 0 Å². The van der Waals surface area contributed by atoms with Crippen LogP contribution in [-0.4, -0.2) is 49.3 Å². The molecular formula is C18H25NO4. The summed E-state index contributed by atoms with van der Waals surface area (Å²) in [7, 11) is 0. The Morgan fingerprint density at radius 3 is 2.78 bits per heavy atom. The van der Waals surface area contributed by atoms with Gasteiger partial charge < -0.3 is 19.1 Å². The van der Waals surface area contributed by atoms with Crippen molar-refractivity contribution in [2.45, 2.75) is 38.9 Å². The second kappa shape index (κ2) is 7.21. The number of rotatable bonds is 7. The van der Waals surface area contributed by atoms with Crippen LogP contribution in [0.2, 0.25) is 0 Å². The zero-order chi connectivity index (χ0) is 16.2. The van der Waals surface area contributed by atoms with Crippen molar-refractivity contribution in [1.82, 2.24) is 4.90 Å². The fraction of sp³-hybridized carbons (Fsp3) is 0.611. The molecule has 1 aromatic rings. The SMILES string of the molecule is CCN(CC1COc2ccccc2O1)C(=O)C(C)OCC1CC1. The van der Waals surface area contributed by atoms with Gasteiger partial charge in [-0.05, 0) is 44.7 Å². The first-order valence-electron chi connectivity index (χ1n) is 8.46. The van der Waals surface area contributed by atoms with Crippen LogP contribution in [0.15, 0.2) is 24.3 Å². The number of ether oxygens (including phenoxy) is 3. The van der Waals surface area contributed by atoms with Gasteiger partial charge in [0.25, 0.3) is 5.91 Å². The van der Waals surface area contributed by atoms with Crippen molar-refractivity contribution in [3.63, 3.8) is 0 Å². The van der Waals surface area contributed by atoms with Gasteiger partial charge in [-0.1, -0.05) is 12.1 Å². The number of hydrogen-bond acceptors (Lipinski definition) is 4. The van der Waals surface area contributed by atoms with Gasteiger partial charge in [-0.25, -0.2) is 0 Å². The van der Waals surface area contributed by atoms with Crippen LogP contribution < -0.4 is 9.47 Å². The molecule has 23 heavy (non-hydrogen) atoms. The quantitative estimate of drug-likeness (QED) is 0.775. The number of amides is 1. The molecule has 1 aliphatic heterocycles. The number of carbonyl (C=O) groups is 1. The summed E-state index contributed by atoms with van der Waals surface area (Å²) in [6.07, 6.45) is 1.91. The Morgan fingerprint density at radius 2 is 2.09 bits per heavy atom. The van der Waals surface area contributed by atoms with Crippen molar-refractivity contribution in [2.24, 2.45) is 5.92 Å². The molecule has 1 heterocycles. The van der Waals surface area contributed by atoms with Crippen LogP contribution in [0, 0.1) is 5.92 Å². The van der Waals surface area contributed by atoms with E-state index in [1.807, 2.05) is 38.1 Å². The second-order valence-corrected chi connectivity index (χ2v) is 6.29. The molecular weight excluding hydrogens is 294 g/mol. The molecule has 0 bridgehead atoms. The first kappa shape index (κ1) is 16.1. The first-order valence-corrected chi connectivity index (χ1v) is 8.46. The Morgan fingerprint density at radius 1 is 1.35 bits per heavy atom. The standard InChI is InChI=1S/C18H25NO4/c1-3-19(18(20)13(2)21-11-14-8-9-14)10-15-12-22-16-6-4-5-7-17(16)23-15/h4-7,13-15H,3,8-12H2,1-2H3. The van der Waals surface area contributed by atoms with E-state index in [-0.39, 0.29) is 12.0 Å². The molecule has 2 atom stereocenters. The third-order valence-electron chi connectivity index (χ3n) is 4.31. The van der Waals surface area contributed by atoms with E-state index in [4.69, 9.17) is 14.2 Å². The van der Waals surface area contributed by atoms with Crippen LogP contribution >= 0.6 is 0 Å². The van der Waals surface area contributed by atoms with Gasteiger partial charge in [-0.3, -0.25) is 4.79 Å². The monoisotopic (exact) mass is 319 g/mol. The van der Waals surface area contributed by atoms with E-state index in [2.05, 4.69) is 0 Å². The summed E-state index contributed by atoms with van der Waals surface area (Å²) >= 11 is 0. The Hall–Kier alpha value is -1.75. The van der Waals surface area contributed by atoms with Crippen LogP contribution in [0.4, 0.5) is 0 Å². The minimum absolute atomic E-state index is 0.0237. The molecule has 0 aromatic heterocycles. The lowest BCUT2D eigenvalue weighted by atomic mass is 10.2. The molecule has 0 spiro atoms. The molecule has 0 radical (unpaired) electrons. The van der Waals surface area contributed by atoms with Crippen molar-refractivity contribution in [1.29, 1.82) is 0 Å². The summed E-state index contributed by atoms with van der Waals surface area (Å²) in [6, 6.07) is 7.62. The highest BCUT2D eigenvalue weighted by atomic mass is 16.6. The smallest absolute Gasteiger partial charge is 0.251 e. The fourth-order valence-electron chi connectivity index (χ4n) is 2.67. The van der Waals surface area contributed by atoms with Gasteiger partial charge in [-0.15, -0.1) is 0 Å². The zero-order valence-electron chi connectivity index (χ0n) is 13.9. The maximum absolute atomic E-state index is 12.5. The van der Waals surface area contributed by atoms with E-state index in [1.165, 1.54) is 12.8 Å². The Kier molecular flexibility index (Phi) is 5.06. The summed E-state index contributed by atoms with van der Waals surface area (Å²) in [4.78, 5) is 14.3. The maximum Gasteiger partial charge on any atom is 0.251 e. The number of carbonyl (C=O) groups excluding carboxylic acids is 1. The van der Waals surface area contributed by atoms with E-state index in [9.17, 15) is 4.79 Å². The van der Waals surface area contributed by atoms with E-state index in [0.717, 1.165) is 11.5 Å². The van der Waals surface area contributed by atoms with Crippen LogP contribution in [-0.2, 0) is 9.53 Å². The number of nitrogens with zero attached hydrogens (tertiary/aromatic N) is 1. The number of benzene rings is 1. The van der Waals surface area contributed by atoms with Crippen molar-refractivity contribution in [3.05, 3.63) is 24.3 Å². The summed E-state index contributed by atoms with van der Waals surface area (Å²) in [5.41, 5.74) is 0. The average Bonchev–Trinajstić information content (AvgIpc) is 3.41. The van der Waals surface area contributed by atoms with E-state index < -0.39 is 6.10 Å². The highest BCUT2D eigenvalue weighted by Crippen LogP contribution is 2.31. The van der Waals surface area contributed by atoms with Gasteiger partial charge in [0, 0.05) is 6.54 Å². The first-order chi connectivity index (χ1) is 11.2. The number of likely N-dealkylation sites (N-methyl/N-ethyl adjacent to an activating group) is 1. The minimum Gasteiger partial charge on any atom is -0.486 e. The van der Waals surface area contributed by atoms with Gasteiger partial charge in [-0.2, -0.15) is 0 Å². The topological polar surface area (TPSA) is 48.0 Å². The molecule has 3 rings (SSSR count). The summed E-state index contributed by atoms with van der Waals surface area (Å²) in [5, 5.41) is 0. The van der Waals surface area contributed by atoms with E-state index in [1.54, 1.807) is 4.90 Å². The van der Waals surface area contributed by atoms with E-state index in [0.29, 0.717) is 32.2 Å². The molecule has 5 heteroatoms. The third kappa shape index (κ3) is 4.16. The van der Waals surface area contributed by atoms with Crippen LogP contribution in [0.3, 0.4) is 0 Å². The highest BCUT2D eigenvalue weighted by molar-refractivity contribution is 5.80. The molecule has 1 amide bonds. The van der Waals surface area contributed by atoms with Gasteiger partial charge in [0.2, 0.25) is 0 Å². The van der Waals surface area contributed by atoms with Gasteiger partial charge in [0.1, 0.15) is 12.7 Å². The zero-order valence-corrected chi connectivity index (χ0v) is 13.9. The highest BCUT2D eigenvalue weighted by Gasteiger charge is 2.29. The summed E-state index contributed by atoms with van der Waals surface area (Å²) in [5.74, 6) is 2.19. The molecule has 1 aliphatic carbocycles. The van der Waals surface area contributed by atoms with Gasteiger partial charge in [0.05, 0.1) is 13.2 Å². The lowest BCUT2D eigenvalue weighted by Crippen LogP contribution is -2.47. The molecule has 1 fully saturated rings. The Balaban J connectivity index is 1.53. The van der Waals surface area contributed by atoms with Crippen molar-refractivity contribution < 1.29 is 19.0 Å². The predicted molar refractivity (Wildman–Crippen MR) is 86.7 cm³/mol. The lowest BCUT2D eigenvalue weighted by Gasteiger charge is -2.32. The molecule has 0 N–H and O–H groups in total. The number of para-hydroxylation sites is 2. The average molecular weight is 319 g/mol. The van der Waals surface area contributed by atoms with Crippen LogP contribution in [0.5, 0.6) is 11.5 Å². The summed E-state index contributed by atoms with van der Waals surface area (Å²) in [6.45, 7) is 6.11. The Bertz CT molecular complexity index is 544. The molecule has 0 saturated heterocycles. The van der Waals surface area contributed by atoms with Crippen LogP contribution in [0.1, 0.15) is 26.7 Å². The fourth-order valence-corrected chi connectivity index (χ4v) is 2.67. The van der Waals surface area contributed by atoms with Gasteiger partial charge in [0.15, 0.2) is 17.6 Å². The molecule has 2 aliphatic rings. The number of hydrogen-bond donors (Lipinski definition) is 0. The maximum atomic E-state index is 12.5. The largest absolute Gasteiger partial charge is 0.486 e.